The van der Waals surface area contributed by atoms with Crippen molar-refractivity contribution in [3.8, 4) is 5.75 Å². The largest absolute Gasteiger partial charge is 0.507 e. The van der Waals surface area contributed by atoms with Gasteiger partial charge in [-0.1, -0.05) is 19.4 Å². The Hall–Kier alpha value is -1.55. The van der Waals surface area contributed by atoms with E-state index in [1.807, 2.05) is 6.92 Å². The molecule has 0 aliphatic heterocycles. The Bertz CT molecular complexity index is 401. The summed E-state index contributed by atoms with van der Waals surface area (Å²) >= 11 is 0. The van der Waals surface area contributed by atoms with Gasteiger partial charge in [-0.15, -0.1) is 0 Å². The maximum Gasteiger partial charge on any atom is 0.336 e. The Morgan fingerprint density at radius 1 is 1.50 bits per heavy atom. The van der Waals surface area contributed by atoms with Crippen LogP contribution in [0.5, 0.6) is 5.75 Å². The Morgan fingerprint density at radius 3 is 2.62 bits per heavy atom. The minimum Gasteiger partial charge on any atom is -0.507 e. The van der Waals surface area contributed by atoms with E-state index in [1.165, 1.54) is 6.07 Å². The van der Waals surface area contributed by atoms with Crippen LogP contribution < -0.4 is 5.73 Å². The predicted molar refractivity (Wildman–Crippen MR) is 61.6 cm³/mol. The van der Waals surface area contributed by atoms with Gasteiger partial charge in [0.25, 0.3) is 0 Å². The summed E-state index contributed by atoms with van der Waals surface area (Å²) in [4.78, 5) is 11.0. The van der Waals surface area contributed by atoms with Gasteiger partial charge in [0.15, 0.2) is 0 Å². The monoisotopic (exact) mass is 223 g/mol. The molecule has 1 aromatic rings. The van der Waals surface area contributed by atoms with Gasteiger partial charge in [0.2, 0.25) is 0 Å². The van der Waals surface area contributed by atoms with Gasteiger partial charge in [-0.05, 0) is 25.0 Å². The molecular weight excluding hydrogens is 206 g/mol. The SMILES string of the molecule is CCC[C@@H](N)c1c(C(=O)O)ccc(C)c1O. The van der Waals surface area contributed by atoms with Crippen LogP contribution in [0.25, 0.3) is 0 Å². The number of hydrogen-bond acceptors (Lipinski definition) is 3. The molecular formula is C12H17NO3. The van der Waals surface area contributed by atoms with Crippen LogP contribution in [-0.2, 0) is 0 Å². The molecule has 0 saturated heterocycles. The van der Waals surface area contributed by atoms with Crippen molar-refractivity contribution in [1.29, 1.82) is 0 Å². The summed E-state index contributed by atoms with van der Waals surface area (Å²) in [5, 5.41) is 18.9. The van der Waals surface area contributed by atoms with Gasteiger partial charge >= 0.3 is 5.97 Å². The molecule has 88 valence electrons. The molecule has 4 nitrogen and oxygen atoms in total. The topological polar surface area (TPSA) is 83.6 Å². The van der Waals surface area contributed by atoms with Crippen molar-refractivity contribution in [2.45, 2.75) is 32.7 Å². The average Bonchev–Trinajstić information content (AvgIpc) is 2.21. The smallest absolute Gasteiger partial charge is 0.336 e. The molecule has 1 atom stereocenters. The summed E-state index contributed by atoms with van der Waals surface area (Å²) in [6, 6.07) is 2.64. The van der Waals surface area contributed by atoms with E-state index in [0.717, 1.165) is 6.42 Å². The summed E-state index contributed by atoms with van der Waals surface area (Å²) < 4.78 is 0. The van der Waals surface area contributed by atoms with Crippen molar-refractivity contribution in [1.82, 2.24) is 0 Å². The van der Waals surface area contributed by atoms with E-state index in [0.29, 0.717) is 17.5 Å². The van der Waals surface area contributed by atoms with Crippen molar-refractivity contribution in [2.75, 3.05) is 0 Å². The number of carboxylic acid groups (broad SMARTS) is 1. The molecule has 0 heterocycles. The van der Waals surface area contributed by atoms with Crippen LogP contribution in [0.1, 0.15) is 47.3 Å². The molecule has 4 N–H and O–H groups in total. The molecule has 0 unspecified atom stereocenters. The van der Waals surface area contributed by atoms with Gasteiger partial charge in [0.1, 0.15) is 5.75 Å². The van der Waals surface area contributed by atoms with E-state index in [4.69, 9.17) is 10.8 Å². The molecule has 1 rings (SSSR count). The fraction of sp³-hybridized carbons (Fsp3) is 0.417. The van der Waals surface area contributed by atoms with Crippen LogP contribution in [0.3, 0.4) is 0 Å². The van der Waals surface area contributed by atoms with Crippen molar-refractivity contribution < 1.29 is 15.0 Å². The van der Waals surface area contributed by atoms with E-state index in [1.54, 1.807) is 13.0 Å². The highest BCUT2D eigenvalue weighted by Gasteiger charge is 2.20. The number of carbonyl (C=O) groups is 1. The lowest BCUT2D eigenvalue weighted by molar-refractivity contribution is 0.0694. The number of nitrogens with two attached hydrogens (primary N) is 1. The zero-order chi connectivity index (χ0) is 12.3. The fourth-order valence-electron chi connectivity index (χ4n) is 1.73. The first kappa shape index (κ1) is 12.5. The number of rotatable bonds is 4. The lowest BCUT2D eigenvalue weighted by Gasteiger charge is -2.16. The molecule has 0 spiro atoms. The lowest BCUT2D eigenvalue weighted by Crippen LogP contribution is -2.15. The Labute approximate surface area is 94.7 Å². The normalized spacial score (nSPS) is 12.4. The molecule has 0 fully saturated rings. The number of phenolic OH excluding ortho intramolecular Hbond substituents is 1. The van der Waals surface area contributed by atoms with Gasteiger partial charge < -0.3 is 15.9 Å². The highest BCUT2D eigenvalue weighted by atomic mass is 16.4. The highest BCUT2D eigenvalue weighted by molar-refractivity contribution is 5.90. The highest BCUT2D eigenvalue weighted by Crippen LogP contribution is 2.32. The molecule has 0 bridgehead atoms. The summed E-state index contributed by atoms with van der Waals surface area (Å²) in [6.45, 7) is 3.69. The maximum absolute atomic E-state index is 11.0. The summed E-state index contributed by atoms with van der Waals surface area (Å²) in [7, 11) is 0. The minimum absolute atomic E-state index is 0.000787. The standard InChI is InChI=1S/C12H17NO3/c1-3-4-9(13)10-8(12(15)16)6-5-7(2)11(10)14/h5-6,9,14H,3-4,13H2,1-2H3,(H,15,16)/t9-/m1/s1. The number of aromatic hydroxyl groups is 1. The van der Waals surface area contributed by atoms with Crippen LogP contribution in [0, 0.1) is 6.92 Å². The molecule has 0 saturated carbocycles. The van der Waals surface area contributed by atoms with Gasteiger partial charge in [-0.2, -0.15) is 0 Å². The van der Waals surface area contributed by atoms with Gasteiger partial charge in [0.05, 0.1) is 5.56 Å². The average molecular weight is 223 g/mol. The van der Waals surface area contributed by atoms with Crippen LogP contribution in [-0.4, -0.2) is 16.2 Å². The number of benzene rings is 1. The molecule has 4 heteroatoms. The van der Waals surface area contributed by atoms with Crippen LogP contribution in [0.15, 0.2) is 12.1 Å². The number of aromatic carboxylic acids is 1. The molecule has 0 aliphatic rings. The third kappa shape index (κ3) is 2.33. The molecule has 0 radical (unpaired) electrons. The van der Waals surface area contributed by atoms with Crippen molar-refractivity contribution in [2.24, 2.45) is 5.73 Å². The molecule has 16 heavy (non-hydrogen) atoms. The summed E-state index contributed by atoms with van der Waals surface area (Å²) in [5.41, 5.74) is 6.96. The van der Waals surface area contributed by atoms with E-state index in [-0.39, 0.29) is 11.3 Å². The second kappa shape index (κ2) is 4.99. The zero-order valence-corrected chi connectivity index (χ0v) is 9.53. The quantitative estimate of drug-likeness (QED) is 0.730. The van der Waals surface area contributed by atoms with Crippen molar-refractivity contribution >= 4 is 5.97 Å². The first-order chi connectivity index (χ1) is 7.49. The van der Waals surface area contributed by atoms with Gasteiger partial charge in [-0.3, -0.25) is 0 Å². The first-order valence-electron chi connectivity index (χ1n) is 5.30. The maximum atomic E-state index is 11.0. The van der Waals surface area contributed by atoms with E-state index in [2.05, 4.69) is 0 Å². The van der Waals surface area contributed by atoms with Crippen LogP contribution in [0.4, 0.5) is 0 Å². The van der Waals surface area contributed by atoms with E-state index >= 15 is 0 Å². The third-order valence-electron chi connectivity index (χ3n) is 2.62. The number of phenols is 1. The molecule has 1 aromatic carbocycles. The second-order valence-corrected chi connectivity index (χ2v) is 3.89. The van der Waals surface area contributed by atoms with E-state index in [9.17, 15) is 9.90 Å². The van der Waals surface area contributed by atoms with Crippen LogP contribution >= 0.6 is 0 Å². The Kier molecular flexibility index (Phi) is 3.90. The third-order valence-corrected chi connectivity index (χ3v) is 2.62. The second-order valence-electron chi connectivity index (χ2n) is 3.89. The van der Waals surface area contributed by atoms with E-state index < -0.39 is 12.0 Å². The minimum atomic E-state index is -1.06. The molecule has 0 aromatic heterocycles. The summed E-state index contributed by atoms with van der Waals surface area (Å²) in [5.74, 6) is -1.06. The molecule has 0 amide bonds. The van der Waals surface area contributed by atoms with Crippen molar-refractivity contribution in [3.05, 3.63) is 28.8 Å². The number of carboxylic acids is 1. The Morgan fingerprint density at radius 2 is 2.12 bits per heavy atom. The predicted octanol–water partition coefficient (Wildman–Crippen LogP) is 2.20. The van der Waals surface area contributed by atoms with Gasteiger partial charge in [0, 0.05) is 11.6 Å². The zero-order valence-electron chi connectivity index (χ0n) is 9.53. The van der Waals surface area contributed by atoms with Crippen LogP contribution in [0.2, 0.25) is 0 Å². The Balaban J connectivity index is 3.31. The number of aryl methyl sites for hydroxylation is 1. The lowest BCUT2D eigenvalue weighted by atomic mass is 9.94. The number of hydrogen-bond donors (Lipinski definition) is 3. The van der Waals surface area contributed by atoms with Gasteiger partial charge in [-0.25, -0.2) is 4.79 Å². The first-order valence-corrected chi connectivity index (χ1v) is 5.30. The summed E-state index contributed by atoms with van der Waals surface area (Å²) in [6.07, 6.45) is 1.49. The molecule has 0 aliphatic carbocycles. The van der Waals surface area contributed by atoms with Crippen molar-refractivity contribution in [3.63, 3.8) is 0 Å². The fourth-order valence-corrected chi connectivity index (χ4v) is 1.73.